The van der Waals surface area contributed by atoms with Crippen molar-refractivity contribution in [2.24, 2.45) is 0 Å². The Morgan fingerprint density at radius 3 is 2.33 bits per heavy atom. The summed E-state index contributed by atoms with van der Waals surface area (Å²) in [6.07, 6.45) is -4.65. The molecule has 0 aliphatic heterocycles. The Morgan fingerprint density at radius 2 is 1.76 bits per heavy atom. The molecular formula is C12H9F4IN4. The summed E-state index contributed by atoms with van der Waals surface area (Å²) in [6, 6.07) is 5.21. The number of hydrogen-bond acceptors (Lipinski definition) is 4. The molecule has 112 valence electrons. The first kappa shape index (κ1) is 15.7. The van der Waals surface area contributed by atoms with E-state index in [0.717, 1.165) is 0 Å². The zero-order valence-electron chi connectivity index (χ0n) is 10.6. The van der Waals surface area contributed by atoms with Gasteiger partial charge in [-0.15, -0.1) is 0 Å². The average Bonchev–Trinajstić information content (AvgIpc) is 2.40. The molecule has 0 aliphatic carbocycles. The molecule has 0 amide bonds. The number of halogens is 5. The van der Waals surface area contributed by atoms with Crippen LogP contribution in [0, 0.1) is 9.39 Å². The van der Waals surface area contributed by atoms with Crippen molar-refractivity contribution in [3.05, 3.63) is 39.5 Å². The molecule has 1 aromatic carbocycles. The summed E-state index contributed by atoms with van der Waals surface area (Å²) in [5.41, 5.74) is 0.450. The molecule has 0 fully saturated rings. The SMILES string of the molecule is CNc1cc(Nc2ccc(F)cc2I)nc(C(F)(F)F)n1. The van der Waals surface area contributed by atoms with Crippen molar-refractivity contribution in [2.45, 2.75) is 6.18 Å². The third-order valence-corrected chi connectivity index (χ3v) is 3.32. The molecule has 4 nitrogen and oxygen atoms in total. The summed E-state index contributed by atoms with van der Waals surface area (Å²) >= 11 is 1.87. The number of nitrogens with one attached hydrogen (secondary N) is 2. The van der Waals surface area contributed by atoms with E-state index in [4.69, 9.17) is 0 Å². The first-order valence-corrected chi connectivity index (χ1v) is 6.73. The van der Waals surface area contributed by atoms with Gasteiger partial charge in [-0.05, 0) is 40.8 Å². The maximum Gasteiger partial charge on any atom is 0.451 e. The Kier molecular flexibility index (Phi) is 4.49. The number of nitrogens with zero attached hydrogens (tertiary/aromatic N) is 2. The smallest absolute Gasteiger partial charge is 0.373 e. The Bertz CT molecular complexity index is 660. The lowest BCUT2D eigenvalue weighted by Gasteiger charge is -2.12. The second-order valence-electron chi connectivity index (χ2n) is 3.96. The lowest BCUT2D eigenvalue weighted by Crippen LogP contribution is -2.13. The minimum atomic E-state index is -4.65. The van der Waals surface area contributed by atoms with E-state index in [1.165, 1.54) is 31.3 Å². The van der Waals surface area contributed by atoms with Crippen LogP contribution in [0.25, 0.3) is 0 Å². The van der Waals surface area contributed by atoms with Gasteiger partial charge in [-0.25, -0.2) is 14.4 Å². The van der Waals surface area contributed by atoms with Gasteiger partial charge in [0, 0.05) is 16.7 Å². The zero-order chi connectivity index (χ0) is 15.6. The highest BCUT2D eigenvalue weighted by atomic mass is 127. The van der Waals surface area contributed by atoms with Crippen LogP contribution in [-0.2, 0) is 6.18 Å². The van der Waals surface area contributed by atoms with Gasteiger partial charge < -0.3 is 10.6 Å². The van der Waals surface area contributed by atoms with E-state index < -0.39 is 17.8 Å². The number of alkyl halides is 3. The fraction of sp³-hybridized carbons (Fsp3) is 0.167. The minimum absolute atomic E-state index is 0.0249. The number of aromatic nitrogens is 2. The highest BCUT2D eigenvalue weighted by molar-refractivity contribution is 14.1. The maximum absolute atomic E-state index is 13.0. The van der Waals surface area contributed by atoms with Gasteiger partial charge in [-0.1, -0.05) is 0 Å². The molecular weight excluding hydrogens is 403 g/mol. The first-order valence-electron chi connectivity index (χ1n) is 5.65. The van der Waals surface area contributed by atoms with E-state index >= 15 is 0 Å². The monoisotopic (exact) mass is 412 g/mol. The zero-order valence-corrected chi connectivity index (χ0v) is 12.8. The van der Waals surface area contributed by atoms with Crippen LogP contribution < -0.4 is 10.6 Å². The van der Waals surface area contributed by atoms with Crippen molar-refractivity contribution in [3.8, 4) is 0 Å². The van der Waals surface area contributed by atoms with Crippen LogP contribution in [0.2, 0.25) is 0 Å². The highest BCUT2D eigenvalue weighted by Gasteiger charge is 2.35. The Labute approximate surface area is 131 Å². The molecule has 0 unspecified atom stereocenters. The summed E-state index contributed by atoms with van der Waals surface area (Å²) in [5, 5.41) is 5.26. The summed E-state index contributed by atoms with van der Waals surface area (Å²) in [7, 11) is 1.45. The number of hydrogen-bond donors (Lipinski definition) is 2. The molecule has 1 heterocycles. The van der Waals surface area contributed by atoms with Gasteiger partial charge in [0.1, 0.15) is 17.5 Å². The van der Waals surface area contributed by atoms with Crippen LogP contribution in [0.4, 0.5) is 34.9 Å². The normalized spacial score (nSPS) is 11.3. The maximum atomic E-state index is 13.0. The van der Waals surface area contributed by atoms with Crippen LogP contribution >= 0.6 is 22.6 Å². The van der Waals surface area contributed by atoms with Gasteiger partial charge in [0.05, 0.1) is 5.69 Å². The molecule has 1 aromatic heterocycles. The van der Waals surface area contributed by atoms with E-state index in [-0.39, 0.29) is 11.6 Å². The van der Waals surface area contributed by atoms with Gasteiger partial charge in [-0.3, -0.25) is 0 Å². The van der Waals surface area contributed by atoms with Crippen LogP contribution in [0.5, 0.6) is 0 Å². The molecule has 9 heteroatoms. The summed E-state index contributed by atoms with van der Waals surface area (Å²) in [6.45, 7) is 0. The Hall–Kier alpha value is -1.65. The second-order valence-corrected chi connectivity index (χ2v) is 5.12. The summed E-state index contributed by atoms with van der Waals surface area (Å²) in [4.78, 5) is 6.78. The van der Waals surface area contributed by atoms with Gasteiger partial charge in [0.15, 0.2) is 0 Å². The molecule has 0 atom stereocenters. The molecule has 0 radical (unpaired) electrons. The van der Waals surface area contributed by atoms with Crippen LogP contribution in [-0.4, -0.2) is 17.0 Å². The third kappa shape index (κ3) is 3.93. The highest BCUT2D eigenvalue weighted by Crippen LogP contribution is 2.30. The summed E-state index contributed by atoms with van der Waals surface area (Å²) < 4.78 is 51.7. The summed E-state index contributed by atoms with van der Waals surface area (Å²) in [5.74, 6) is -1.70. The third-order valence-electron chi connectivity index (χ3n) is 2.43. The predicted octanol–water partition coefficient (Wildman–Crippen LogP) is 4.02. The molecule has 0 saturated carbocycles. The standard InChI is InChI=1S/C12H9F4IN4/c1-18-9-5-10(21-11(20-9)12(14,15)16)19-8-3-2-6(13)4-7(8)17/h2-5H,1H3,(H2,18,19,20,21). The van der Waals surface area contributed by atoms with Crippen molar-refractivity contribution in [1.82, 2.24) is 9.97 Å². The van der Waals surface area contributed by atoms with E-state index in [0.29, 0.717) is 9.26 Å². The topological polar surface area (TPSA) is 49.8 Å². The molecule has 2 N–H and O–H groups in total. The van der Waals surface area contributed by atoms with E-state index in [9.17, 15) is 17.6 Å². The largest absolute Gasteiger partial charge is 0.451 e. The van der Waals surface area contributed by atoms with Crippen LogP contribution in [0.15, 0.2) is 24.3 Å². The van der Waals surface area contributed by atoms with Crippen LogP contribution in [0.1, 0.15) is 5.82 Å². The number of rotatable bonds is 3. The lowest BCUT2D eigenvalue weighted by molar-refractivity contribution is -0.144. The van der Waals surface area contributed by atoms with Gasteiger partial charge >= 0.3 is 6.18 Å². The molecule has 0 aliphatic rings. The molecule has 0 spiro atoms. The van der Waals surface area contributed by atoms with Gasteiger partial charge in [0.2, 0.25) is 5.82 Å². The second kappa shape index (κ2) is 6.00. The molecule has 0 saturated heterocycles. The van der Waals surface area contributed by atoms with Crippen molar-refractivity contribution < 1.29 is 17.6 Å². The van der Waals surface area contributed by atoms with E-state index in [1.807, 2.05) is 22.6 Å². The van der Waals surface area contributed by atoms with Crippen molar-refractivity contribution in [1.29, 1.82) is 0 Å². The van der Waals surface area contributed by atoms with Gasteiger partial charge in [-0.2, -0.15) is 13.2 Å². The van der Waals surface area contributed by atoms with Crippen molar-refractivity contribution in [3.63, 3.8) is 0 Å². The first-order chi connectivity index (χ1) is 9.79. The lowest BCUT2D eigenvalue weighted by atomic mass is 10.3. The quantitative estimate of drug-likeness (QED) is 0.591. The van der Waals surface area contributed by atoms with Crippen molar-refractivity contribution >= 4 is 39.9 Å². The van der Waals surface area contributed by atoms with E-state index in [2.05, 4.69) is 20.6 Å². The van der Waals surface area contributed by atoms with E-state index in [1.54, 1.807) is 0 Å². The molecule has 2 aromatic rings. The molecule has 2 rings (SSSR count). The predicted molar refractivity (Wildman–Crippen MR) is 79.0 cm³/mol. The fourth-order valence-electron chi connectivity index (χ4n) is 1.49. The van der Waals surface area contributed by atoms with Crippen LogP contribution in [0.3, 0.4) is 0 Å². The fourth-order valence-corrected chi connectivity index (χ4v) is 2.11. The van der Waals surface area contributed by atoms with Gasteiger partial charge in [0.25, 0.3) is 0 Å². The number of benzene rings is 1. The molecule has 0 bridgehead atoms. The van der Waals surface area contributed by atoms with Crippen molar-refractivity contribution in [2.75, 3.05) is 17.7 Å². The average molecular weight is 412 g/mol. The Balaban J connectivity index is 2.39. The molecule has 21 heavy (non-hydrogen) atoms. The number of anilines is 3. The minimum Gasteiger partial charge on any atom is -0.373 e. The Morgan fingerprint density at radius 1 is 1.10 bits per heavy atom.